The van der Waals surface area contributed by atoms with E-state index >= 15 is 0 Å². The van der Waals surface area contributed by atoms with Gasteiger partial charge in [-0.1, -0.05) is 0 Å². The summed E-state index contributed by atoms with van der Waals surface area (Å²) in [4.78, 5) is 11.8. The van der Waals surface area contributed by atoms with Crippen molar-refractivity contribution >= 4 is 21.6 Å². The number of amides is 1. The number of anilines is 1. The van der Waals surface area contributed by atoms with Crippen LogP contribution in [-0.2, 0) is 17.1 Å². The Kier molecular flexibility index (Phi) is 4.21. The molecule has 0 aliphatic heterocycles. The van der Waals surface area contributed by atoms with Gasteiger partial charge < -0.3 is 11.1 Å². The van der Waals surface area contributed by atoms with Crippen LogP contribution in [-0.4, -0.2) is 42.4 Å². The van der Waals surface area contributed by atoms with Gasteiger partial charge in [0.05, 0.1) is 11.9 Å². The maximum atomic E-state index is 11.8. The molecule has 4 N–H and O–H groups in total. The van der Waals surface area contributed by atoms with E-state index < -0.39 is 21.5 Å². The summed E-state index contributed by atoms with van der Waals surface area (Å²) in [7, 11) is -1.69. The predicted octanol–water partition coefficient (Wildman–Crippen LogP) is -0.940. The highest BCUT2D eigenvalue weighted by molar-refractivity contribution is 7.88. The standard InChI is InChI=1S/C10H19N5O3S/c1-10(2,14-19(4,17)18)6-12-9(16)8-7(11)5-15(3)13-8/h5,14H,6,11H2,1-4H3,(H,12,16). The summed E-state index contributed by atoms with van der Waals surface area (Å²) in [5.74, 6) is -0.443. The van der Waals surface area contributed by atoms with Crippen molar-refractivity contribution in [1.82, 2.24) is 19.8 Å². The van der Waals surface area contributed by atoms with Crippen LogP contribution in [0.15, 0.2) is 6.20 Å². The molecule has 1 aromatic heterocycles. The number of hydrogen-bond acceptors (Lipinski definition) is 5. The maximum absolute atomic E-state index is 11.8. The van der Waals surface area contributed by atoms with Crippen LogP contribution >= 0.6 is 0 Å². The number of nitrogens with one attached hydrogen (secondary N) is 2. The van der Waals surface area contributed by atoms with Crippen molar-refractivity contribution in [2.24, 2.45) is 7.05 Å². The van der Waals surface area contributed by atoms with Crippen LogP contribution < -0.4 is 15.8 Å². The van der Waals surface area contributed by atoms with Crippen molar-refractivity contribution in [3.05, 3.63) is 11.9 Å². The normalized spacial score (nSPS) is 12.4. The molecule has 1 aromatic rings. The van der Waals surface area contributed by atoms with E-state index in [0.29, 0.717) is 0 Å². The molecule has 0 aliphatic carbocycles. The average Bonchev–Trinajstić information content (AvgIpc) is 2.51. The summed E-state index contributed by atoms with van der Waals surface area (Å²) in [5.41, 5.74) is 5.22. The van der Waals surface area contributed by atoms with Gasteiger partial charge in [0.1, 0.15) is 0 Å². The lowest BCUT2D eigenvalue weighted by atomic mass is 10.1. The monoisotopic (exact) mass is 289 g/mol. The molecule has 0 saturated heterocycles. The number of aryl methyl sites for hydroxylation is 1. The predicted molar refractivity (Wildman–Crippen MR) is 72.0 cm³/mol. The molecule has 0 saturated carbocycles. The van der Waals surface area contributed by atoms with E-state index in [1.807, 2.05) is 0 Å². The van der Waals surface area contributed by atoms with Gasteiger partial charge in [-0.15, -0.1) is 0 Å². The number of nitrogen functional groups attached to an aromatic ring is 1. The van der Waals surface area contributed by atoms with Crippen molar-refractivity contribution in [2.75, 3.05) is 18.5 Å². The first-order valence-corrected chi connectivity index (χ1v) is 7.45. The second kappa shape index (κ2) is 5.17. The number of hydrogen-bond donors (Lipinski definition) is 3. The summed E-state index contributed by atoms with van der Waals surface area (Å²) in [5, 5.41) is 6.52. The van der Waals surface area contributed by atoms with Gasteiger partial charge >= 0.3 is 0 Å². The average molecular weight is 289 g/mol. The molecule has 0 radical (unpaired) electrons. The van der Waals surface area contributed by atoms with E-state index in [1.54, 1.807) is 20.9 Å². The Morgan fingerprint density at radius 3 is 2.53 bits per heavy atom. The van der Waals surface area contributed by atoms with Gasteiger partial charge in [-0.05, 0) is 13.8 Å². The van der Waals surface area contributed by atoms with Gasteiger partial charge in [0.25, 0.3) is 5.91 Å². The molecule has 0 aromatic carbocycles. The fraction of sp³-hybridized carbons (Fsp3) is 0.600. The van der Waals surface area contributed by atoms with Gasteiger partial charge in [-0.2, -0.15) is 5.10 Å². The van der Waals surface area contributed by atoms with Crippen LogP contribution in [0.4, 0.5) is 5.69 Å². The summed E-state index contributed by atoms with van der Waals surface area (Å²) in [6, 6.07) is 0. The largest absolute Gasteiger partial charge is 0.396 e. The molecule has 1 rings (SSSR count). The van der Waals surface area contributed by atoms with E-state index in [4.69, 9.17) is 5.73 Å². The number of carbonyl (C=O) groups excluding carboxylic acids is 1. The van der Waals surface area contributed by atoms with Crippen molar-refractivity contribution in [3.8, 4) is 0 Å². The van der Waals surface area contributed by atoms with Crippen LogP contribution in [0.5, 0.6) is 0 Å². The number of nitrogens with zero attached hydrogens (tertiary/aromatic N) is 2. The van der Waals surface area contributed by atoms with Gasteiger partial charge in [-0.25, -0.2) is 13.1 Å². The molecule has 19 heavy (non-hydrogen) atoms. The molecular formula is C10H19N5O3S. The van der Waals surface area contributed by atoms with Crippen LogP contribution in [0.3, 0.4) is 0 Å². The molecule has 1 amide bonds. The Morgan fingerprint density at radius 1 is 1.53 bits per heavy atom. The highest BCUT2D eigenvalue weighted by Gasteiger charge is 2.24. The third-order valence-corrected chi connectivity index (χ3v) is 3.15. The fourth-order valence-corrected chi connectivity index (χ4v) is 2.68. The Balaban J connectivity index is 2.67. The van der Waals surface area contributed by atoms with Crippen LogP contribution in [0, 0.1) is 0 Å². The third kappa shape index (κ3) is 4.87. The minimum absolute atomic E-state index is 0.120. The Hall–Kier alpha value is -1.61. The summed E-state index contributed by atoms with van der Waals surface area (Å²) in [6.07, 6.45) is 2.59. The van der Waals surface area contributed by atoms with E-state index in [1.165, 1.54) is 10.9 Å². The van der Waals surface area contributed by atoms with Crippen molar-refractivity contribution in [2.45, 2.75) is 19.4 Å². The lowest BCUT2D eigenvalue weighted by Crippen LogP contribution is -2.51. The van der Waals surface area contributed by atoms with Crippen molar-refractivity contribution in [3.63, 3.8) is 0 Å². The quantitative estimate of drug-likeness (QED) is 0.646. The fourth-order valence-electron chi connectivity index (χ4n) is 1.61. The molecular weight excluding hydrogens is 270 g/mol. The molecule has 0 unspecified atom stereocenters. The van der Waals surface area contributed by atoms with Crippen molar-refractivity contribution < 1.29 is 13.2 Å². The first-order valence-electron chi connectivity index (χ1n) is 5.56. The first-order chi connectivity index (χ1) is 8.50. The zero-order chi connectivity index (χ0) is 14.8. The summed E-state index contributed by atoms with van der Waals surface area (Å²) >= 11 is 0. The zero-order valence-electron chi connectivity index (χ0n) is 11.4. The number of carbonyl (C=O) groups is 1. The van der Waals surface area contributed by atoms with Gasteiger partial charge in [0.15, 0.2) is 5.69 Å². The molecule has 0 fully saturated rings. The zero-order valence-corrected chi connectivity index (χ0v) is 12.2. The SMILES string of the molecule is Cn1cc(N)c(C(=O)NCC(C)(C)NS(C)(=O)=O)n1. The van der Waals surface area contributed by atoms with Crippen molar-refractivity contribution in [1.29, 1.82) is 0 Å². The molecule has 0 aliphatic rings. The van der Waals surface area contributed by atoms with E-state index in [-0.39, 0.29) is 17.9 Å². The van der Waals surface area contributed by atoms with Crippen LogP contribution in [0.2, 0.25) is 0 Å². The van der Waals surface area contributed by atoms with Gasteiger partial charge in [0.2, 0.25) is 10.0 Å². The third-order valence-electron chi connectivity index (χ3n) is 2.22. The summed E-state index contributed by atoms with van der Waals surface area (Å²) in [6.45, 7) is 3.45. The second-order valence-corrected chi connectivity index (χ2v) is 6.80. The minimum Gasteiger partial charge on any atom is -0.396 e. The van der Waals surface area contributed by atoms with Crippen LogP contribution in [0.25, 0.3) is 0 Å². The Bertz CT molecular complexity index is 576. The van der Waals surface area contributed by atoms with Crippen LogP contribution in [0.1, 0.15) is 24.3 Å². The topological polar surface area (TPSA) is 119 Å². The lowest BCUT2D eigenvalue weighted by molar-refractivity contribution is 0.0939. The van der Waals surface area contributed by atoms with E-state index in [2.05, 4.69) is 15.1 Å². The molecule has 0 atom stereocenters. The lowest BCUT2D eigenvalue weighted by Gasteiger charge is -2.25. The Labute approximate surface area is 112 Å². The van der Waals surface area contributed by atoms with E-state index in [0.717, 1.165) is 6.26 Å². The second-order valence-electron chi connectivity index (χ2n) is 5.05. The molecule has 8 nitrogen and oxygen atoms in total. The minimum atomic E-state index is -3.34. The molecule has 108 valence electrons. The number of aromatic nitrogens is 2. The van der Waals surface area contributed by atoms with E-state index in [9.17, 15) is 13.2 Å². The number of rotatable bonds is 5. The van der Waals surface area contributed by atoms with Gasteiger partial charge in [-0.3, -0.25) is 9.48 Å². The molecule has 0 spiro atoms. The molecule has 1 heterocycles. The highest BCUT2D eigenvalue weighted by Crippen LogP contribution is 2.08. The first kappa shape index (κ1) is 15.4. The smallest absolute Gasteiger partial charge is 0.274 e. The number of nitrogens with two attached hydrogens (primary N) is 1. The summed E-state index contributed by atoms with van der Waals surface area (Å²) < 4.78 is 26.2. The molecule has 9 heteroatoms. The Morgan fingerprint density at radius 2 is 2.11 bits per heavy atom. The van der Waals surface area contributed by atoms with Gasteiger partial charge in [0, 0.05) is 25.3 Å². The highest BCUT2D eigenvalue weighted by atomic mass is 32.2. The maximum Gasteiger partial charge on any atom is 0.274 e. The molecule has 0 bridgehead atoms. The number of sulfonamides is 1.